The Morgan fingerprint density at radius 3 is 1.92 bits per heavy atom. The fraction of sp³-hybridized carbons (Fsp3) is 0.0385. The van der Waals surface area contributed by atoms with Crippen molar-refractivity contribution in [1.82, 2.24) is 0 Å². The second kappa shape index (κ2) is 10.6. The van der Waals surface area contributed by atoms with Gasteiger partial charge in [-0.2, -0.15) is 0 Å². The lowest BCUT2D eigenvalue weighted by Crippen LogP contribution is -2.15. The van der Waals surface area contributed by atoms with Crippen molar-refractivity contribution < 1.29 is 21.6 Å². The first-order chi connectivity index (χ1) is 17.5. The van der Waals surface area contributed by atoms with Gasteiger partial charge in [0, 0.05) is 16.9 Å². The summed E-state index contributed by atoms with van der Waals surface area (Å²) in [5.41, 5.74) is 1.97. The molecule has 8 nitrogen and oxygen atoms in total. The third kappa shape index (κ3) is 6.48. The van der Waals surface area contributed by atoms with Gasteiger partial charge in [0.25, 0.3) is 26.0 Å². The minimum Gasteiger partial charge on any atom is -0.322 e. The van der Waals surface area contributed by atoms with Gasteiger partial charge >= 0.3 is 0 Å². The van der Waals surface area contributed by atoms with E-state index in [1.165, 1.54) is 54.6 Å². The first kappa shape index (κ1) is 26.2. The Morgan fingerprint density at radius 2 is 1.27 bits per heavy atom. The fourth-order valence-corrected chi connectivity index (χ4v) is 5.69. The predicted octanol–water partition coefficient (Wildman–Crippen LogP) is 5.50. The summed E-state index contributed by atoms with van der Waals surface area (Å²) >= 11 is 6.03. The van der Waals surface area contributed by atoms with Crippen LogP contribution in [0.1, 0.15) is 15.9 Å². The van der Waals surface area contributed by atoms with Crippen LogP contribution in [0.3, 0.4) is 0 Å². The lowest BCUT2D eigenvalue weighted by atomic mass is 10.2. The summed E-state index contributed by atoms with van der Waals surface area (Å²) in [5, 5.41) is 2.93. The molecule has 11 heteroatoms. The van der Waals surface area contributed by atoms with E-state index in [0.29, 0.717) is 5.69 Å². The largest absolute Gasteiger partial charge is 0.322 e. The van der Waals surface area contributed by atoms with Gasteiger partial charge in [0.2, 0.25) is 0 Å². The van der Waals surface area contributed by atoms with Gasteiger partial charge in [0.05, 0.1) is 20.5 Å². The topological polar surface area (TPSA) is 121 Å². The molecule has 0 spiro atoms. The number of rotatable bonds is 8. The van der Waals surface area contributed by atoms with E-state index in [4.69, 9.17) is 11.6 Å². The number of hydrogen-bond donors (Lipinski definition) is 3. The molecule has 0 atom stereocenters. The Kier molecular flexibility index (Phi) is 7.53. The first-order valence-electron chi connectivity index (χ1n) is 10.9. The number of amides is 1. The highest BCUT2D eigenvalue weighted by Gasteiger charge is 2.17. The Labute approximate surface area is 220 Å². The van der Waals surface area contributed by atoms with Crippen LogP contribution in [0.4, 0.5) is 17.1 Å². The van der Waals surface area contributed by atoms with E-state index in [2.05, 4.69) is 14.8 Å². The van der Waals surface area contributed by atoms with Crippen molar-refractivity contribution in [1.29, 1.82) is 0 Å². The average molecular weight is 556 g/mol. The standard InChI is InChI=1S/C26H22ClN3O5S2/c1-18-9-13-22(14-10-18)36(32,33)29-21-6-4-5-19(17-21)26(31)28-20-11-15-23(16-12-20)37(34,35)30-25-8-3-2-7-24(25)27/h2-17,29-30H,1H3,(H,28,31). The van der Waals surface area contributed by atoms with Crippen LogP contribution >= 0.6 is 11.6 Å². The number of halogens is 1. The van der Waals surface area contributed by atoms with Crippen LogP contribution < -0.4 is 14.8 Å². The molecule has 4 rings (SSSR count). The zero-order valence-electron chi connectivity index (χ0n) is 19.5. The molecule has 0 heterocycles. The van der Waals surface area contributed by atoms with Crippen molar-refractivity contribution in [2.75, 3.05) is 14.8 Å². The molecule has 0 saturated heterocycles. The molecule has 1 amide bonds. The molecule has 0 fully saturated rings. The molecule has 0 unspecified atom stereocenters. The van der Waals surface area contributed by atoms with Gasteiger partial charge in [0.15, 0.2) is 0 Å². The maximum atomic E-state index is 12.8. The van der Waals surface area contributed by atoms with E-state index in [-0.39, 0.29) is 31.8 Å². The van der Waals surface area contributed by atoms with Gasteiger partial charge in [0.1, 0.15) is 0 Å². The van der Waals surface area contributed by atoms with Crippen LogP contribution in [0.25, 0.3) is 0 Å². The molecule has 0 aromatic heterocycles. The monoisotopic (exact) mass is 555 g/mol. The zero-order valence-corrected chi connectivity index (χ0v) is 21.9. The lowest BCUT2D eigenvalue weighted by Gasteiger charge is -2.11. The van der Waals surface area contributed by atoms with Crippen molar-refractivity contribution in [3.05, 3.63) is 113 Å². The van der Waals surface area contributed by atoms with Gasteiger partial charge in [-0.3, -0.25) is 14.2 Å². The molecule has 4 aromatic rings. The highest BCUT2D eigenvalue weighted by molar-refractivity contribution is 7.93. The molecule has 190 valence electrons. The molecular weight excluding hydrogens is 534 g/mol. The van der Waals surface area contributed by atoms with Crippen molar-refractivity contribution in [2.24, 2.45) is 0 Å². The molecule has 0 radical (unpaired) electrons. The normalized spacial score (nSPS) is 11.5. The van der Waals surface area contributed by atoms with Gasteiger partial charge in [-0.1, -0.05) is 47.5 Å². The van der Waals surface area contributed by atoms with Crippen molar-refractivity contribution in [3.63, 3.8) is 0 Å². The van der Waals surface area contributed by atoms with Crippen molar-refractivity contribution in [2.45, 2.75) is 16.7 Å². The van der Waals surface area contributed by atoms with E-state index in [9.17, 15) is 21.6 Å². The minimum atomic E-state index is -3.89. The van der Waals surface area contributed by atoms with E-state index < -0.39 is 26.0 Å². The molecule has 3 N–H and O–H groups in total. The summed E-state index contributed by atoms with van der Waals surface area (Å²) < 4.78 is 55.5. The van der Waals surface area contributed by atoms with E-state index in [1.54, 1.807) is 42.5 Å². The average Bonchev–Trinajstić information content (AvgIpc) is 2.86. The van der Waals surface area contributed by atoms with Crippen LogP contribution in [0.15, 0.2) is 107 Å². The molecule has 0 aliphatic carbocycles. The van der Waals surface area contributed by atoms with Gasteiger partial charge < -0.3 is 5.32 Å². The summed E-state index contributed by atoms with van der Waals surface area (Å²) in [4.78, 5) is 12.9. The quantitative estimate of drug-likeness (QED) is 0.265. The van der Waals surface area contributed by atoms with Gasteiger partial charge in [-0.05, 0) is 73.7 Å². The molecule has 37 heavy (non-hydrogen) atoms. The summed E-state index contributed by atoms with van der Waals surface area (Å²) in [6.45, 7) is 1.86. The number of anilines is 3. The van der Waals surface area contributed by atoms with E-state index >= 15 is 0 Å². The predicted molar refractivity (Wildman–Crippen MR) is 145 cm³/mol. The molecule has 0 aliphatic rings. The summed E-state index contributed by atoms with van der Waals surface area (Å²) in [6.07, 6.45) is 0. The number of sulfonamides is 2. The van der Waals surface area contributed by atoms with Crippen LogP contribution in [-0.4, -0.2) is 22.7 Å². The maximum absolute atomic E-state index is 12.8. The molecule has 0 saturated carbocycles. The molecule has 4 aromatic carbocycles. The lowest BCUT2D eigenvalue weighted by molar-refractivity contribution is 0.102. The Bertz CT molecular complexity index is 1660. The Balaban J connectivity index is 1.45. The Hall–Kier alpha value is -3.86. The van der Waals surface area contributed by atoms with Crippen LogP contribution in [0.5, 0.6) is 0 Å². The summed E-state index contributed by atoms with van der Waals surface area (Å²) in [5.74, 6) is -0.499. The van der Waals surface area contributed by atoms with Gasteiger partial charge in [-0.15, -0.1) is 0 Å². The van der Waals surface area contributed by atoms with Crippen LogP contribution in [0, 0.1) is 6.92 Å². The van der Waals surface area contributed by atoms with Crippen molar-refractivity contribution in [3.8, 4) is 0 Å². The highest BCUT2D eigenvalue weighted by atomic mass is 35.5. The minimum absolute atomic E-state index is 0.0158. The number of nitrogens with one attached hydrogen (secondary N) is 3. The van der Waals surface area contributed by atoms with E-state index in [0.717, 1.165) is 5.56 Å². The number of hydrogen-bond acceptors (Lipinski definition) is 5. The van der Waals surface area contributed by atoms with E-state index in [1.807, 2.05) is 6.92 Å². The van der Waals surface area contributed by atoms with Gasteiger partial charge in [-0.25, -0.2) is 16.8 Å². The third-order valence-electron chi connectivity index (χ3n) is 5.25. The summed E-state index contributed by atoms with van der Waals surface area (Å²) in [7, 11) is -7.72. The first-order valence-corrected chi connectivity index (χ1v) is 14.3. The van der Waals surface area contributed by atoms with Crippen molar-refractivity contribution >= 4 is 54.6 Å². The number of aryl methyl sites for hydroxylation is 1. The molecule has 0 aliphatic heterocycles. The molecular formula is C26H22ClN3O5S2. The number of para-hydroxylation sites is 1. The van der Waals surface area contributed by atoms with Crippen LogP contribution in [0.2, 0.25) is 5.02 Å². The number of carbonyl (C=O) groups excluding carboxylic acids is 1. The number of carbonyl (C=O) groups is 1. The third-order valence-corrected chi connectivity index (χ3v) is 8.36. The van der Waals surface area contributed by atoms with Crippen LogP contribution in [-0.2, 0) is 20.0 Å². The fourth-order valence-electron chi connectivity index (χ4n) is 3.32. The Morgan fingerprint density at radius 1 is 0.676 bits per heavy atom. The smallest absolute Gasteiger partial charge is 0.261 e. The summed E-state index contributed by atoms with van der Waals surface area (Å²) in [6, 6.07) is 24.5. The highest BCUT2D eigenvalue weighted by Crippen LogP contribution is 2.25. The maximum Gasteiger partial charge on any atom is 0.261 e. The zero-order chi connectivity index (χ0) is 26.6. The number of benzene rings is 4. The molecule has 0 bridgehead atoms. The second-order valence-electron chi connectivity index (χ2n) is 8.06. The SMILES string of the molecule is Cc1ccc(S(=O)(=O)Nc2cccc(C(=O)Nc3ccc(S(=O)(=O)Nc4ccccc4Cl)cc3)c2)cc1. The second-order valence-corrected chi connectivity index (χ2v) is 11.8.